The third-order valence-electron chi connectivity index (χ3n) is 4.68. The van der Waals surface area contributed by atoms with Crippen molar-refractivity contribution in [2.45, 2.75) is 38.6 Å². The molecule has 1 saturated carbocycles. The van der Waals surface area contributed by atoms with Crippen molar-refractivity contribution >= 4 is 11.8 Å². The average Bonchev–Trinajstić information content (AvgIpc) is 2.88. The van der Waals surface area contributed by atoms with Crippen molar-refractivity contribution in [2.24, 2.45) is 0 Å². The van der Waals surface area contributed by atoms with Gasteiger partial charge in [-0.1, -0.05) is 12.1 Å². The van der Waals surface area contributed by atoms with E-state index >= 15 is 0 Å². The van der Waals surface area contributed by atoms with Crippen LogP contribution in [0.15, 0.2) is 34.7 Å². The lowest BCUT2D eigenvalue weighted by molar-refractivity contribution is -0.123. The van der Waals surface area contributed by atoms with Crippen molar-refractivity contribution < 1.29 is 18.4 Å². The summed E-state index contributed by atoms with van der Waals surface area (Å²) in [6.07, 6.45) is 2.61. The van der Waals surface area contributed by atoms with Crippen LogP contribution in [0.25, 0.3) is 0 Å². The zero-order valence-corrected chi connectivity index (χ0v) is 14.3. The lowest BCUT2D eigenvalue weighted by Gasteiger charge is -2.43. The number of hydrogen-bond acceptors (Lipinski definition) is 3. The summed E-state index contributed by atoms with van der Waals surface area (Å²) in [4.78, 5) is 24.4. The van der Waals surface area contributed by atoms with Crippen molar-refractivity contribution in [3.8, 4) is 0 Å². The van der Waals surface area contributed by atoms with Gasteiger partial charge in [0.2, 0.25) is 5.91 Å². The molecule has 1 aromatic carbocycles. The Bertz CT molecular complexity index is 792. The van der Waals surface area contributed by atoms with Crippen LogP contribution in [0.5, 0.6) is 0 Å². The Morgan fingerprint density at radius 1 is 1.20 bits per heavy atom. The van der Waals surface area contributed by atoms with Crippen LogP contribution in [0, 0.1) is 19.7 Å². The Labute approximate surface area is 145 Å². The predicted octanol–water partition coefficient (Wildman–Crippen LogP) is 2.96. The number of hydrogen-bond donors (Lipinski definition) is 2. The van der Waals surface area contributed by atoms with Gasteiger partial charge < -0.3 is 15.1 Å². The van der Waals surface area contributed by atoms with Crippen molar-refractivity contribution in [3.05, 3.63) is 58.8 Å². The highest BCUT2D eigenvalue weighted by molar-refractivity contribution is 5.97. The van der Waals surface area contributed by atoms with E-state index < -0.39 is 5.54 Å². The number of aryl methyl sites for hydroxylation is 2. The van der Waals surface area contributed by atoms with Gasteiger partial charge in [0.25, 0.3) is 5.91 Å². The van der Waals surface area contributed by atoms with Crippen LogP contribution in [-0.4, -0.2) is 18.4 Å². The summed E-state index contributed by atoms with van der Waals surface area (Å²) in [5, 5.41) is 5.61. The molecular formula is C19H21FN2O3. The molecule has 0 bridgehead atoms. The van der Waals surface area contributed by atoms with E-state index in [1.807, 2.05) is 0 Å². The molecule has 25 heavy (non-hydrogen) atoms. The molecule has 6 heteroatoms. The zero-order chi connectivity index (χ0) is 18.0. The maximum atomic E-state index is 13.1. The Balaban J connectivity index is 1.61. The van der Waals surface area contributed by atoms with Gasteiger partial charge in [0.05, 0.1) is 17.6 Å². The molecule has 0 aliphatic heterocycles. The lowest BCUT2D eigenvalue weighted by atomic mass is 9.72. The summed E-state index contributed by atoms with van der Waals surface area (Å²) in [5.74, 6) is 0.265. The van der Waals surface area contributed by atoms with Crippen LogP contribution in [-0.2, 0) is 10.3 Å². The standard InChI is InChI=1S/C19H21FN2O3/c1-12-10-16(13(2)25-12)18(24)21-11-17(23)22-19(8-3-9-19)14-4-6-15(20)7-5-14/h4-7,10H,3,8-9,11H2,1-2H3,(H,21,24)(H,22,23). The minimum Gasteiger partial charge on any atom is -0.466 e. The van der Waals surface area contributed by atoms with E-state index in [9.17, 15) is 14.0 Å². The molecule has 1 aliphatic rings. The van der Waals surface area contributed by atoms with Gasteiger partial charge in [0.15, 0.2) is 0 Å². The van der Waals surface area contributed by atoms with Gasteiger partial charge >= 0.3 is 0 Å². The number of carbonyl (C=O) groups is 2. The molecule has 0 saturated heterocycles. The molecule has 0 unspecified atom stereocenters. The molecule has 0 radical (unpaired) electrons. The highest BCUT2D eigenvalue weighted by Crippen LogP contribution is 2.41. The summed E-state index contributed by atoms with van der Waals surface area (Å²) in [6, 6.07) is 7.84. The first-order valence-corrected chi connectivity index (χ1v) is 8.32. The molecule has 2 aromatic rings. The average molecular weight is 344 g/mol. The van der Waals surface area contributed by atoms with E-state index in [0.29, 0.717) is 17.1 Å². The summed E-state index contributed by atoms with van der Waals surface area (Å²) < 4.78 is 18.4. The van der Waals surface area contributed by atoms with E-state index in [2.05, 4.69) is 10.6 Å². The van der Waals surface area contributed by atoms with E-state index in [0.717, 1.165) is 24.8 Å². The Kier molecular flexibility index (Phi) is 4.61. The first kappa shape index (κ1) is 17.2. The predicted molar refractivity (Wildman–Crippen MR) is 90.6 cm³/mol. The van der Waals surface area contributed by atoms with Crippen molar-refractivity contribution in [1.29, 1.82) is 0 Å². The number of amides is 2. The van der Waals surface area contributed by atoms with Crippen LogP contribution >= 0.6 is 0 Å². The molecule has 0 spiro atoms. The Hall–Kier alpha value is -2.63. The van der Waals surface area contributed by atoms with Crippen LogP contribution in [0.2, 0.25) is 0 Å². The molecule has 1 aromatic heterocycles. The Morgan fingerprint density at radius 3 is 2.40 bits per heavy atom. The van der Waals surface area contributed by atoms with Gasteiger partial charge in [0.1, 0.15) is 17.3 Å². The third kappa shape index (κ3) is 3.57. The first-order valence-electron chi connectivity index (χ1n) is 8.32. The third-order valence-corrected chi connectivity index (χ3v) is 4.68. The summed E-state index contributed by atoms with van der Waals surface area (Å²) in [5.41, 5.74) is 0.862. The highest BCUT2D eigenvalue weighted by atomic mass is 19.1. The minimum atomic E-state index is -0.461. The van der Waals surface area contributed by atoms with E-state index in [-0.39, 0.29) is 24.2 Å². The van der Waals surface area contributed by atoms with Crippen molar-refractivity contribution in [3.63, 3.8) is 0 Å². The second-order valence-electron chi connectivity index (χ2n) is 6.50. The Morgan fingerprint density at radius 2 is 1.88 bits per heavy atom. The topological polar surface area (TPSA) is 71.3 Å². The molecular weight excluding hydrogens is 323 g/mol. The maximum Gasteiger partial charge on any atom is 0.255 e. The van der Waals surface area contributed by atoms with E-state index in [1.165, 1.54) is 12.1 Å². The fourth-order valence-electron chi connectivity index (χ4n) is 3.21. The quantitative estimate of drug-likeness (QED) is 0.876. The van der Waals surface area contributed by atoms with Gasteiger partial charge in [0, 0.05) is 0 Å². The summed E-state index contributed by atoms with van der Waals surface area (Å²) in [7, 11) is 0. The number of benzene rings is 1. The van der Waals surface area contributed by atoms with Crippen molar-refractivity contribution in [1.82, 2.24) is 10.6 Å². The molecule has 1 fully saturated rings. The monoisotopic (exact) mass is 344 g/mol. The number of carbonyl (C=O) groups excluding carboxylic acids is 2. The fourth-order valence-corrected chi connectivity index (χ4v) is 3.21. The van der Waals surface area contributed by atoms with Gasteiger partial charge in [-0.25, -0.2) is 4.39 Å². The first-order chi connectivity index (χ1) is 11.9. The van der Waals surface area contributed by atoms with Crippen LogP contribution in [0.3, 0.4) is 0 Å². The van der Waals surface area contributed by atoms with Crippen LogP contribution in [0.1, 0.15) is 46.7 Å². The SMILES string of the molecule is Cc1cc(C(=O)NCC(=O)NC2(c3ccc(F)cc3)CCC2)c(C)o1. The maximum absolute atomic E-state index is 13.1. The largest absolute Gasteiger partial charge is 0.466 e. The van der Waals surface area contributed by atoms with Crippen LogP contribution in [0.4, 0.5) is 4.39 Å². The molecule has 3 rings (SSSR count). The van der Waals surface area contributed by atoms with Crippen LogP contribution < -0.4 is 10.6 Å². The van der Waals surface area contributed by atoms with E-state index in [4.69, 9.17) is 4.42 Å². The van der Waals surface area contributed by atoms with Crippen molar-refractivity contribution in [2.75, 3.05) is 6.54 Å². The fraction of sp³-hybridized carbons (Fsp3) is 0.368. The number of halogens is 1. The number of nitrogens with one attached hydrogen (secondary N) is 2. The van der Waals surface area contributed by atoms with Gasteiger partial charge in [-0.15, -0.1) is 0 Å². The van der Waals surface area contributed by atoms with Gasteiger partial charge in [-0.2, -0.15) is 0 Å². The van der Waals surface area contributed by atoms with Gasteiger partial charge in [-0.3, -0.25) is 9.59 Å². The number of furan rings is 1. The molecule has 2 N–H and O–H groups in total. The number of rotatable bonds is 5. The summed E-state index contributed by atoms with van der Waals surface area (Å²) in [6.45, 7) is 3.35. The molecule has 0 atom stereocenters. The molecule has 1 aliphatic carbocycles. The second-order valence-corrected chi connectivity index (χ2v) is 6.50. The normalized spacial score (nSPS) is 15.3. The lowest BCUT2D eigenvalue weighted by Crippen LogP contribution is -2.53. The summed E-state index contributed by atoms with van der Waals surface area (Å²) >= 11 is 0. The molecule has 132 valence electrons. The second kappa shape index (κ2) is 6.70. The molecule has 2 amide bonds. The highest BCUT2D eigenvalue weighted by Gasteiger charge is 2.39. The minimum absolute atomic E-state index is 0.120. The molecule has 5 nitrogen and oxygen atoms in total. The van der Waals surface area contributed by atoms with Gasteiger partial charge in [-0.05, 0) is 56.9 Å². The molecule has 1 heterocycles. The zero-order valence-electron chi connectivity index (χ0n) is 14.3. The van der Waals surface area contributed by atoms with E-state index in [1.54, 1.807) is 32.0 Å². The smallest absolute Gasteiger partial charge is 0.255 e.